The summed E-state index contributed by atoms with van der Waals surface area (Å²) in [5.74, 6) is -1.52. The maximum atomic E-state index is 11.4. The molecule has 2 N–H and O–H groups in total. The minimum absolute atomic E-state index is 0.299. The SMILES string of the molecule is COCCOCCOCCOCCOCCOCCOCCOCCOCCOCCOCCOCCOCCNC(=O)COCC(=O)O. The lowest BCUT2D eigenvalue weighted by Gasteiger charge is -2.09. The van der Waals surface area contributed by atoms with Gasteiger partial charge in [-0.25, -0.2) is 4.79 Å². The first-order chi connectivity index (χ1) is 24.2. The number of carboxylic acids is 1. The highest BCUT2D eigenvalue weighted by atomic mass is 16.6. The smallest absolute Gasteiger partial charge is 0.329 e. The van der Waals surface area contributed by atoms with Gasteiger partial charge >= 0.3 is 5.97 Å². The van der Waals surface area contributed by atoms with Gasteiger partial charge in [0, 0.05) is 13.7 Å². The van der Waals surface area contributed by atoms with Gasteiger partial charge in [0.15, 0.2) is 0 Å². The molecule has 0 aliphatic rings. The van der Waals surface area contributed by atoms with E-state index in [1.165, 1.54) is 0 Å². The predicted molar refractivity (Wildman–Crippen MR) is 173 cm³/mol. The fraction of sp³-hybridized carbons (Fsp3) is 0.935. The molecule has 0 rings (SSSR count). The van der Waals surface area contributed by atoms with E-state index >= 15 is 0 Å². The van der Waals surface area contributed by atoms with Crippen LogP contribution in [-0.4, -0.2) is 209 Å². The average Bonchev–Trinajstić information content (AvgIpc) is 3.09. The first kappa shape index (κ1) is 47.4. The summed E-state index contributed by atoms with van der Waals surface area (Å²) in [6, 6.07) is 0. The van der Waals surface area contributed by atoms with Gasteiger partial charge in [0.2, 0.25) is 5.91 Å². The number of carbonyl (C=O) groups is 2. The highest BCUT2D eigenvalue weighted by Gasteiger charge is 2.03. The van der Waals surface area contributed by atoms with E-state index in [2.05, 4.69) is 10.1 Å². The number of carboxylic acid groups (broad SMARTS) is 1. The summed E-state index contributed by atoms with van der Waals surface area (Å²) in [5, 5.41) is 11.0. The molecule has 1 amide bonds. The minimum Gasteiger partial charge on any atom is -0.480 e. The van der Waals surface area contributed by atoms with E-state index < -0.39 is 18.5 Å². The summed E-state index contributed by atoms with van der Waals surface area (Å²) in [7, 11) is 1.64. The summed E-state index contributed by atoms with van der Waals surface area (Å²) < 4.78 is 74.6. The lowest BCUT2D eigenvalue weighted by atomic mass is 10.6. The third-order valence-corrected chi connectivity index (χ3v) is 5.55. The van der Waals surface area contributed by atoms with Crippen molar-refractivity contribution < 1.29 is 81.0 Å². The molecule has 0 unspecified atom stereocenters. The highest BCUT2D eigenvalue weighted by Crippen LogP contribution is 1.87. The van der Waals surface area contributed by atoms with E-state index in [0.29, 0.717) is 172 Å². The number of methoxy groups -OCH3 is 1. The predicted octanol–water partition coefficient (Wildman–Crippen LogP) is -0.951. The van der Waals surface area contributed by atoms with E-state index in [-0.39, 0.29) is 6.61 Å². The van der Waals surface area contributed by atoms with Crippen molar-refractivity contribution in [3.8, 4) is 0 Å². The molecule has 49 heavy (non-hydrogen) atoms. The van der Waals surface area contributed by atoms with E-state index in [9.17, 15) is 9.59 Å². The maximum absolute atomic E-state index is 11.4. The molecule has 0 fully saturated rings. The molecule has 0 saturated heterocycles. The second-order valence-corrected chi connectivity index (χ2v) is 9.58. The van der Waals surface area contributed by atoms with Crippen molar-refractivity contribution in [1.29, 1.82) is 0 Å². The second kappa shape index (κ2) is 42.5. The van der Waals surface area contributed by atoms with Crippen LogP contribution in [0.25, 0.3) is 0 Å². The maximum Gasteiger partial charge on any atom is 0.329 e. The van der Waals surface area contributed by atoms with Crippen molar-refractivity contribution in [2.24, 2.45) is 0 Å². The van der Waals surface area contributed by atoms with Crippen LogP contribution in [0.2, 0.25) is 0 Å². The van der Waals surface area contributed by atoms with Gasteiger partial charge in [0.05, 0.1) is 165 Å². The number of hydrogen-bond donors (Lipinski definition) is 2. The molecule has 0 aromatic heterocycles. The Labute approximate surface area is 290 Å². The van der Waals surface area contributed by atoms with Crippen molar-refractivity contribution in [2.75, 3.05) is 192 Å². The molecule has 18 heteroatoms. The Hall–Kier alpha value is -1.62. The monoisotopic (exact) mass is 719 g/mol. The van der Waals surface area contributed by atoms with E-state index in [1.807, 2.05) is 0 Å². The molecular formula is C31H61NO17. The van der Waals surface area contributed by atoms with E-state index in [0.717, 1.165) is 0 Å². The van der Waals surface area contributed by atoms with Crippen LogP contribution in [0.4, 0.5) is 0 Å². The fourth-order valence-electron chi connectivity index (χ4n) is 3.21. The summed E-state index contributed by atoms with van der Waals surface area (Å²) in [6.45, 7) is 11.5. The van der Waals surface area contributed by atoms with E-state index in [1.54, 1.807) is 7.11 Å². The van der Waals surface area contributed by atoms with Crippen LogP contribution in [0.5, 0.6) is 0 Å². The second-order valence-electron chi connectivity index (χ2n) is 9.58. The van der Waals surface area contributed by atoms with Crippen LogP contribution >= 0.6 is 0 Å². The van der Waals surface area contributed by atoms with Gasteiger partial charge in [-0.2, -0.15) is 0 Å². The van der Waals surface area contributed by atoms with Crippen molar-refractivity contribution in [2.45, 2.75) is 0 Å². The average molecular weight is 720 g/mol. The molecule has 0 aromatic rings. The zero-order chi connectivity index (χ0) is 35.6. The largest absolute Gasteiger partial charge is 0.480 e. The molecule has 0 saturated carbocycles. The van der Waals surface area contributed by atoms with Gasteiger partial charge in [-0.05, 0) is 0 Å². The lowest BCUT2D eigenvalue weighted by Crippen LogP contribution is -2.31. The van der Waals surface area contributed by atoms with E-state index in [4.69, 9.17) is 66.7 Å². The Kier molecular flexibility index (Phi) is 41.1. The van der Waals surface area contributed by atoms with Crippen LogP contribution in [0, 0.1) is 0 Å². The van der Waals surface area contributed by atoms with Gasteiger partial charge in [-0.3, -0.25) is 4.79 Å². The molecule has 0 spiro atoms. The van der Waals surface area contributed by atoms with Crippen molar-refractivity contribution in [3.63, 3.8) is 0 Å². The Morgan fingerprint density at radius 2 is 0.612 bits per heavy atom. The number of ether oxygens (including phenoxy) is 14. The number of aliphatic carboxylic acids is 1. The number of hydrogen-bond acceptors (Lipinski definition) is 16. The molecule has 0 heterocycles. The Morgan fingerprint density at radius 1 is 0.367 bits per heavy atom. The Morgan fingerprint density at radius 3 is 0.857 bits per heavy atom. The molecule has 0 atom stereocenters. The zero-order valence-corrected chi connectivity index (χ0v) is 29.3. The summed E-state index contributed by atoms with van der Waals surface area (Å²) in [4.78, 5) is 21.6. The molecule has 0 aliphatic heterocycles. The molecular weight excluding hydrogens is 658 g/mol. The quantitative estimate of drug-likeness (QED) is 0.0732. The van der Waals surface area contributed by atoms with Gasteiger partial charge in [0.1, 0.15) is 13.2 Å². The highest BCUT2D eigenvalue weighted by molar-refractivity contribution is 5.77. The Bertz CT molecular complexity index is 680. The van der Waals surface area contributed by atoms with Gasteiger partial charge < -0.3 is 76.7 Å². The third-order valence-electron chi connectivity index (χ3n) is 5.55. The van der Waals surface area contributed by atoms with Crippen LogP contribution in [0.1, 0.15) is 0 Å². The molecule has 0 aromatic carbocycles. The number of rotatable bonds is 43. The van der Waals surface area contributed by atoms with Gasteiger partial charge in [-0.15, -0.1) is 0 Å². The molecule has 292 valence electrons. The zero-order valence-electron chi connectivity index (χ0n) is 29.3. The normalized spacial score (nSPS) is 11.4. The minimum atomic E-state index is -1.12. The van der Waals surface area contributed by atoms with Gasteiger partial charge in [-0.1, -0.05) is 0 Å². The van der Waals surface area contributed by atoms with Gasteiger partial charge in [0.25, 0.3) is 0 Å². The summed E-state index contributed by atoms with van der Waals surface area (Å²) >= 11 is 0. The fourth-order valence-corrected chi connectivity index (χ4v) is 3.21. The Balaban J connectivity index is 3.08. The van der Waals surface area contributed by atoms with Crippen LogP contribution in [0.3, 0.4) is 0 Å². The summed E-state index contributed by atoms with van der Waals surface area (Å²) in [5.41, 5.74) is 0. The first-order valence-corrected chi connectivity index (χ1v) is 16.6. The third kappa shape index (κ3) is 44.4. The molecule has 0 bridgehead atoms. The van der Waals surface area contributed by atoms with Crippen molar-refractivity contribution in [3.05, 3.63) is 0 Å². The number of amides is 1. The molecule has 18 nitrogen and oxygen atoms in total. The van der Waals surface area contributed by atoms with Crippen LogP contribution in [0.15, 0.2) is 0 Å². The van der Waals surface area contributed by atoms with Crippen LogP contribution < -0.4 is 5.32 Å². The number of carbonyl (C=O) groups excluding carboxylic acids is 1. The topological polar surface area (TPSA) is 196 Å². The lowest BCUT2D eigenvalue weighted by molar-refractivity contribution is -0.143. The molecule has 0 aliphatic carbocycles. The standard InChI is InChI=1S/C31H61NO17/c1-36-4-5-38-8-9-40-12-13-42-16-17-44-20-21-46-24-25-48-27-26-47-23-22-45-19-18-43-15-14-41-11-10-39-7-6-37-3-2-32-30(33)28-49-29-31(34)35/h2-29H2,1H3,(H,32,33)(H,34,35). The van der Waals surface area contributed by atoms with Crippen LogP contribution in [-0.2, 0) is 75.9 Å². The summed E-state index contributed by atoms with van der Waals surface area (Å²) in [6.07, 6.45) is 0. The molecule has 0 radical (unpaired) electrons. The van der Waals surface area contributed by atoms with Crippen molar-refractivity contribution >= 4 is 11.9 Å². The van der Waals surface area contributed by atoms with Crippen molar-refractivity contribution in [1.82, 2.24) is 5.32 Å². The first-order valence-electron chi connectivity index (χ1n) is 16.6. The number of nitrogens with one attached hydrogen (secondary N) is 1.